The van der Waals surface area contributed by atoms with Crippen LogP contribution in [0.3, 0.4) is 0 Å². The van der Waals surface area contributed by atoms with Gasteiger partial charge in [0.2, 0.25) is 0 Å². The number of aromatic nitrogens is 2. The highest BCUT2D eigenvalue weighted by molar-refractivity contribution is 7.20. The minimum absolute atomic E-state index is 0.119. The van der Waals surface area contributed by atoms with E-state index in [2.05, 4.69) is 38.2 Å². The summed E-state index contributed by atoms with van der Waals surface area (Å²) in [6, 6.07) is 11.7. The molecule has 1 saturated heterocycles. The number of hydrogen-bond donors (Lipinski definition) is 1. The van der Waals surface area contributed by atoms with Crippen molar-refractivity contribution in [1.82, 2.24) is 14.9 Å². The second kappa shape index (κ2) is 8.37. The maximum atomic E-state index is 13.3. The molecule has 32 heavy (non-hydrogen) atoms. The number of hydrogen-bond acceptors (Lipinski definition) is 7. The quantitative estimate of drug-likeness (QED) is 0.494. The maximum Gasteiger partial charge on any atom is 0.266 e. The maximum absolute atomic E-state index is 13.3. The number of aryl methyl sites for hydroxylation is 2. The van der Waals surface area contributed by atoms with E-state index in [0.29, 0.717) is 16.5 Å². The molecular formula is C24H25N5O2S. The van der Waals surface area contributed by atoms with Crippen LogP contribution in [0.1, 0.15) is 20.9 Å². The lowest BCUT2D eigenvalue weighted by Crippen LogP contribution is -2.44. The van der Waals surface area contributed by atoms with Gasteiger partial charge < -0.3 is 19.5 Å². The fourth-order valence-electron chi connectivity index (χ4n) is 4.15. The Morgan fingerprint density at radius 3 is 2.59 bits per heavy atom. The van der Waals surface area contributed by atoms with Crippen LogP contribution >= 0.6 is 11.3 Å². The van der Waals surface area contributed by atoms with Gasteiger partial charge in [-0.2, -0.15) is 0 Å². The number of rotatable bonds is 4. The first-order chi connectivity index (χ1) is 15.5. The molecule has 8 heteroatoms. The zero-order valence-corrected chi connectivity index (χ0v) is 19.2. The SMILES string of the molecule is Cc1nc(-c2ccco2)nc2sc(C(=O)Nc3ccccc3N3CCN(C)CC3)c(C)c12. The Morgan fingerprint density at radius 2 is 1.84 bits per heavy atom. The molecule has 4 aromatic rings. The third-order valence-corrected chi connectivity index (χ3v) is 7.10. The van der Waals surface area contributed by atoms with Gasteiger partial charge in [-0.3, -0.25) is 4.79 Å². The number of fused-ring (bicyclic) bond motifs is 1. The van der Waals surface area contributed by atoms with Crippen molar-refractivity contribution >= 4 is 38.8 Å². The number of amides is 1. The number of furan rings is 1. The molecule has 0 spiro atoms. The number of carbonyl (C=O) groups is 1. The molecule has 0 radical (unpaired) electrons. The molecule has 0 aliphatic carbocycles. The fourth-order valence-corrected chi connectivity index (χ4v) is 5.28. The van der Waals surface area contributed by atoms with E-state index in [1.807, 2.05) is 44.2 Å². The topological polar surface area (TPSA) is 74.5 Å². The summed E-state index contributed by atoms with van der Waals surface area (Å²) in [6.45, 7) is 7.80. The smallest absolute Gasteiger partial charge is 0.266 e. The summed E-state index contributed by atoms with van der Waals surface area (Å²) < 4.78 is 5.46. The Bertz CT molecular complexity index is 1270. The molecule has 0 bridgehead atoms. The summed E-state index contributed by atoms with van der Waals surface area (Å²) in [5.74, 6) is 1.04. The number of piperazine rings is 1. The van der Waals surface area contributed by atoms with Gasteiger partial charge in [0.05, 0.1) is 28.2 Å². The molecule has 1 fully saturated rings. The van der Waals surface area contributed by atoms with Gasteiger partial charge in [0, 0.05) is 31.6 Å². The fraction of sp³-hybridized carbons (Fsp3) is 0.292. The Balaban J connectivity index is 1.46. The molecule has 0 saturated carbocycles. The van der Waals surface area contributed by atoms with Gasteiger partial charge in [-0.25, -0.2) is 9.97 Å². The van der Waals surface area contributed by atoms with Gasteiger partial charge in [-0.05, 0) is 50.7 Å². The highest BCUT2D eigenvalue weighted by Gasteiger charge is 2.22. The van der Waals surface area contributed by atoms with E-state index in [-0.39, 0.29) is 5.91 Å². The molecular weight excluding hydrogens is 422 g/mol. The predicted molar refractivity (Wildman–Crippen MR) is 129 cm³/mol. The summed E-state index contributed by atoms with van der Waals surface area (Å²) >= 11 is 1.39. The molecule has 1 aromatic carbocycles. The van der Waals surface area contributed by atoms with E-state index in [1.165, 1.54) is 11.3 Å². The number of nitrogens with zero attached hydrogens (tertiary/aromatic N) is 4. The van der Waals surface area contributed by atoms with Gasteiger partial charge >= 0.3 is 0 Å². The average Bonchev–Trinajstić information content (AvgIpc) is 3.43. The third kappa shape index (κ3) is 3.76. The number of carbonyl (C=O) groups excluding carboxylic acids is 1. The van der Waals surface area contributed by atoms with Crippen LogP contribution in [-0.2, 0) is 0 Å². The Hall–Kier alpha value is -3.23. The van der Waals surface area contributed by atoms with Crippen LogP contribution in [0.25, 0.3) is 21.8 Å². The molecule has 1 aliphatic heterocycles. The minimum Gasteiger partial charge on any atom is -0.461 e. The zero-order chi connectivity index (χ0) is 22.2. The molecule has 1 N–H and O–H groups in total. The number of anilines is 2. The Labute approximate surface area is 190 Å². The summed E-state index contributed by atoms with van der Waals surface area (Å²) in [7, 11) is 2.14. The first-order valence-corrected chi connectivity index (χ1v) is 11.5. The summed E-state index contributed by atoms with van der Waals surface area (Å²) in [6.07, 6.45) is 1.61. The zero-order valence-electron chi connectivity index (χ0n) is 18.4. The standard InChI is InChI=1S/C24H25N5O2S/c1-15-20-16(2)25-22(19-9-6-14-31-19)27-24(20)32-21(15)23(30)26-17-7-4-5-8-18(17)29-12-10-28(3)11-13-29/h4-9,14H,10-13H2,1-3H3,(H,26,30). The number of nitrogens with one attached hydrogen (secondary N) is 1. The van der Waals surface area contributed by atoms with Crippen LogP contribution in [0, 0.1) is 13.8 Å². The molecule has 5 rings (SSSR count). The number of thiophene rings is 1. The van der Waals surface area contributed by atoms with Gasteiger partial charge in [-0.15, -0.1) is 11.3 Å². The van der Waals surface area contributed by atoms with Crippen molar-refractivity contribution < 1.29 is 9.21 Å². The van der Waals surface area contributed by atoms with E-state index in [4.69, 9.17) is 4.42 Å². The largest absolute Gasteiger partial charge is 0.461 e. The van der Waals surface area contributed by atoms with Crippen LogP contribution in [0.2, 0.25) is 0 Å². The highest BCUT2D eigenvalue weighted by Crippen LogP contribution is 2.34. The van der Waals surface area contributed by atoms with Gasteiger partial charge in [0.15, 0.2) is 11.6 Å². The van der Waals surface area contributed by atoms with Crippen molar-refractivity contribution in [2.45, 2.75) is 13.8 Å². The third-order valence-electron chi connectivity index (χ3n) is 5.92. The predicted octanol–water partition coefficient (Wildman–Crippen LogP) is 4.57. The van der Waals surface area contributed by atoms with Crippen LogP contribution < -0.4 is 10.2 Å². The molecule has 1 amide bonds. The second-order valence-electron chi connectivity index (χ2n) is 8.11. The molecule has 164 valence electrons. The molecule has 4 heterocycles. The Morgan fingerprint density at radius 1 is 1.06 bits per heavy atom. The number of para-hydroxylation sites is 2. The van der Waals surface area contributed by atoms with E-state index < -0.39 is 0 Å². The van der Waals surface area contributed by atoms with Crippen molar-refractivity contribution in [2.24, 2.45) is 0 Å². The normalized spacial score (nSPS) is 14.8. The van der Waals surface area contributed by atoms with Crippen LogP contribution in [-0.4, -0.2) is 54.0 Å². The van der Waals surface area contributed by atoms with E-state index in [9.17, 15) is 4.79 Å². The lowest BCUT2D eigenvalue weighted by molar-refractivity contribution is 0.103. The number of likely N-dealkylation sites (N-methyl/N-ethyl adjacent to an activating group) is 1. The van der Waals surface area contributed by atoms with Gasteiger partial charge in [0.1, 0.15) is 4.83 Å². The minimum atomic E-state index is -0.119. The molecule has 0 unspecified atom stereocenters. The lowest BCUT2D eigenvalue weighted by atomic mass is 10.1. The van der Waals surface area contributed by atoms with Crippen LogP contribution in [0.4, 0.5) is 11.4 Å². The molecule has 1 aliphatic rings. The van der Waals surface area contributed by atoms with Crippen molar-refractivity contribution in [3.05, 3.63) is 58.8 Å². The first-order valence-electron chi connectivity index (χ1n) is 10.7. The monoisotopic (exact) mass is 447 g/mol. The first kappa shape index (κ1) is 20.7. The van der Waals surface area contributed by atoms with Crippen molar-refractivity contribution in [1.29, 1.82) is 0 Å². The lowest BCUT2D eigenvalue weighted by Gasteiger charge is -2.35. The number of benzene rings is 1. The average molecular weight is 448 g/mol. The molecule has 3 aromatic heterocycles. The van der Waals surface area contributed by atoms with Gasteiger partial charge in [0.25, 0.3) is 5.91 Å². The molecule has 0 atom stereocenters. The van der Waals surface area contributed by atoms with Crippen molar-refractivity contribution in [2.75, 3.05) is 43.4 Å². The summed E-state index contributed by atoms with van der Waals surface area (Å²) in [5, 5.41) is 4.08. The summed E-state index contributed by atoms with van der Waals surface area (Å²) in [4.78, 5) is 28.7. The molecule has 7 nitrogen and oxygen atoms in total. The van der Waals surface area contributed by atoms with Gasteiger partial charge in [-0.1, -0.05) is 12.1 Å². The highest BCUT2D eigenvalue weighted by atomic mass is 32.1. The van der Waals surface area contributed by atoms with E-state index in [0.717, 1.165) is 59.0 Å². The van der Waals surface area contributed by atoms with Crippen molar-refractivity contribution in [3.8, 4) is 11.6 Å². The van der Waals surface area contributed by atoms with E-state index >= 15 is 0 Å². The van der Waals surface area contributed by atoms with Crippen LogP contribution in [0.5, 0.6) is 0 Å². The summed E-state index contributed by atoms with van der Waals surface area (Å²) in [5.41, 5.74) is 3.64. The van der Waals surface area contributed by atoms with Crippen LogP contribution in [0.15, 0.2) is 47.1 Å². The van der Waals surface area contributed by atoms with E-state index in [1.54, 1.807) is 6.26 Å². The van der Waals surface area contributed by atoms with Crippen molar-refractivity contribution in [3.63, 3.8) is 0 Å². The Kier molecular flexibility index (Phi) is 5.40. The second-order valence-corrected chi connectivity index (χ2v) is 9.11.